The molecule has 0 saturated heterocycles. The van der Waals surface area contributed by atoms with Crippen LogP contribution in [0.5, 0.6) is 0 Å². The molecule has 47 heavy (non-hydrogen) atoms. The number of hydrogen-bond donors (Lipinski definition) is 0. The van der Waals surface area contributed by atoms with E-state index >= 15 is 0 Å². The van der Waals surface area contributed by atoms with Gasteiger partial charge in [0.15, 0.2) is 11.6 Å². The van der Waals surface area contributed by atoms with Crippen LogP contribution in [0.2, 0.25) is 0 Å². The Kier molecular flexibility index (Phi) is 14.0. The normalized spacial score (nSPS) is 9.89. The summed E-state index contributed by atoms with van der Waals surface area (Å²) in [6, 6.07) is 15.1. The van der Waals surface area contributed by atoms with Crippen molar-refractivity contribution in [3.63, 3.8) is 0 Å². The zero-order chi connectivity index (χ0) is 34.5. The lowest BCUT2D eigenvalue weighted by atomic mass is 10.2. The predicted molar refractivity (Wildman–Crippen MR) is 189 cm³/mol. The summed E-state index contributed by atoms with van der Waals surface area (Å²) in [7, 11) is 5.35. The number of aryl methyl sites for hydroxylation is 3. The van der Waals surface area contributed by atoms with Gasteiger partial charge >= 0.3 is 0 Å². The molecule has 0 aliphatic rings. The molecule has 0 bridgehead atoms. The lowest BCUT2D eigenvalue weighted by Gasteiger charge is -2.00. The number of aromatic nitrogens is 8. The van der Waals surface area contributed by atoms with E-state index in [4.69, 9.17) is 11.8 Å². The molecule has 15 heteroatoms. The van der Waals surface area contributed by atoms with Crippen LogP contribution in [0.25, 0.3) is 21.6 Å². The third-order valence-corrected chi connectivity index (χ3v) is 8.03. The number of carbonyl (C=O) groups excluding carboxylic acids is 2. The van der Waals surface area contributed by atoms with Crippen molar-refractivity contribution in [2.45, 2.75) is 13.3 Å². The molecule has 6 heterocycles. The topological polar surface area (TPSA) is 133 Å². The van der Waals surface area contributed by atoms with Crippen LogP contribution in [0, 0.1) is 17.9 Å². The Morgan fingerprint density at radius 1 is 0.936 bits per heavy atom. The zero-order valence-corrected chi connectivity index (χ0v) is 30.6. The number of alkyl halides is 1. The largest absolute Gasteiger partial charge is 0.334 e. The average Bonchev–Trinajstić information content (AvgIpc) is 3.83. The molecule has 0 unspecified atom stereocenters. The first-order valence-electron chi connectivity index (χ1n) is 13.7. The highest BCUT2D eigenvalue weighted by atomic mass is 79.9. The van der Waals surface area contributed by atoms with Gasteiger partial charge in [-0.1, -0.05) is 28.1 Å². The van der Waals surface area contributed by atoms with E-state index in [1.807, 2.05) is 66.3 Å². The van der Waals surface area contributed by atoms with Crippen molar-refractivity contribution in [2.24, 2.45) is 21.1 Å². The van der Waals surface area contributed by atoms with Crippen molar-refractivity contribution in [1.82, 2.24) is 38.7 Å². The van der Waals surface area contributed by atoms with Gasteiger partial charge < -0.3 is 4.40 Å². The number of nitriles is 1. The van der Waals surface area contributed by atoms with Gasteiger partial charge in [0.25, 0.3) is 0 Å². The SMILES string of the molecule is CC(=O)c1ccnn1C.Cn1ncc(Br)c1C(=O)CBr.N#CCc1ccccn1.[C-]#[N+]c1c(-c2c(Br)cnn2C)cn2ccccc12. The molecule has 0 aromatic carbocycles. The third-order valence-electron chi connectivity index (χ3n) is 6.36. The van der Waals surface area contributed by atoms with Crippen LogP contribution in [0.4, 0.5) is 5.69 Å². The molecular formula is C32H29Br3N10O2. The van der Waals surface area contributed by atoms with E-state index in [1.165, 1.54) is 6.92 Å². The van der Waals surface area contributed by atoms with Gasteiger partial charge in [-0.05, 0) is 62.2 Å². The second-order valence-electron chi connectivity index (χ2n) is 9.53. The van der Waals surface area contributed by atoms with E-state index in [0.717, 1.165) is 31.4 Å². The van der Waals surface area contributed by atoms with Crippen LogP contribution in [-0.2, 0) is 27.6 Å². The first-order chi connectivity index (χ1) is 22.5. The quantitative estimate of drug-likeness (QED) is 0.102. The van der Waals surface area contributed by atoms with E-state index in [9.17, 15) is 9.59 Å². The molecule has 6 aromatic heterocycles. The fraction of sp³-hybridized carbons (Fsp3) is 0.188. The maximum absolute atomic E-state index is 11.2. The average molecular weight is 825 g/mol. The van der Waals surface area contributed by atoms with Crippen molar-refractivity contribution in [3.05, 3.63) is 117 Å². The number of Topliss-reactive ketones (excluding diaryl/α,β-unsaturated/α-hetero) is 2. The maximum Gasteiger partial charge on any atom is 0.221 e. The van der Waals surface area contributed by atoms with Crippen molar-refractivity contribution < 1.29 is 9.59 Å². The second-order valence-corrected chi connectivity index (χ2v) is 11.8. The van der Waals surface area contributed by atoms with Crippen LogP contribution in [0.15, 0.2) is 88.6 Å². The van der Waals surface area contributed by atoms with Gasteiger partial charge in [-0.3, -0.25) is 28.6 Å². The third kappa shape index (κ3) is 9.65. The highest BCUT2D eigenvalue weighted by Crippen LogP contribution is 2.38. The molecule has 240 valence electrons. The van der Waals surface area contributed by atoms with Gasteiger partial charge in [-0.15, -0.1) is 0 Å². The van der Waals surface area contributed by atoms with E-state index < -0.39 is 0 Å². The predicted octanol–water partition coefficient (Wildman–Crippen LogP) is 7.18. The maximum atomic E-state index is 11.2. The lowest BCUT2D eigenvalue weighted by Crippen LogP contribution is -2.08. The first kappa shape index (κ1) is 36.8. The van der Waals surface area contributed by atoms with Crippen molar-refractivity contribution >= 4 is 70.6 Å². The Labute approximate surface area is 296 Å². The molecule has 12 nitrogen and oxygen atoms in total. The summed E-state index contributed by atoms with van der Waals surface area (Å²) >= 11 is 9.81. The van der Waals surface area contributed by atoms with Crippen LogP contribution in [0.3, 0.4) is 0 Å². The molecule has 0 spiro atoms. The molecule has 0 aliphatic heterocycles. The van der Waals surface area contributed by atoms with Crippen LogP contribution in [-0.4, -0.2) is 55.6 Å². The molecule has 0 radical (unpaired) electrons. The number of halogens is 3. The number of pyridine rings is 2. The van der Waals surface area contributed by atoms with Crippen LogP contribution < -0.4 is 0 Å². The van der Waals surface area contributed by atoms with Crippen molar-refractivity contribution in [1.29, 1.82) is 5.26 Å². The molecule has 0 saturated carbocycles. The highest BCUT2D eigenvalue weighted by molar-refractivity contribution is 9.11. The van der Waals surface area contributed by atoms with Gasteiger partial charge in [-0.25, -0.2) is 4.85 Å². The summed E-state index contributed by atoms with van der Waals surface area (Å²) in [5.41, 5.74) is 5.46. The van der Waals surface area contributed by atoms with E-state index in [2.05, 4.69) is 72.9 Å². The molecule has 0 aliphatic carbocycles. The summed E-state index contributed by atoms with van der Waals surface area (Å²) < 4.78 is 8.47. The molecule has 6 aromatic rings. The smallest absolute Gasteiger partial charge is 0.221 e. The number of nitrogens with zero attached hydrogens (tertiary/aromatic N) is 10. The molecule has 6 rings (SSSR count). The Balaban J connectivity index is 0.000000180. The molecule has 0 fully saturated rings. The molecule has 0 atom stereocenters. The Hall–Kier alpha value is -4.70. The monoisotopic (exact) mass is 822 g/mol. The van der Waals surface area contributed by atoms with Gasteiger partial charge in [0.2, 0.25) is 5.69 Å². The standard InChI is InChI=1S/C13H9BrN4.C7H6N2.C6H6Br2N2O.C6H8N2O/c1-15-12-9(13-10(14)7-16-17(13)2)8-18-6-4-3-5-11(12)18;8-5-4-7-3-1-2-6-9-7;1-10-6(5(11)2-7)4(8)3-9-10;1-5(9)6-3-4-7-8(6)2/h3-8H,2H3;1-3,6H,4H2;3H,2H2,1H3;3-4H,1-2H3. The number of hydrogen-bond acceptors (Lipinski definition) is 7. The summed E-state index contributed by atoms with van der Waals surface area (Å²) in [6.07, 6.45) is 11.0. The highest BCUT2D eigenvalue weighted by Gasteiger charge is 2.17. The fourth-order valence-corrected chi connectivity index (χ4v) is 5.60. The lowest BCUT2D eigenvalue weighted by molar-refractivity contribution is 0.0998. The van der Waals surface area contributed by atoms with Crippen LogP contribution >= 0.6 is 47.8 Å². The minimum absolute atomic E-state index is 0.0249. The number of rotatable bonds is 5. The molecule has 0 amide bonds. The minimum Gasteiger partial charge on any atom is -0.334 e. The van der Waals surface area contributed by atoms with Crippen molar-refractivity contribution in [3.8, 4) is 17.3 Å². The summed E-state index contributed by atoms with van der Waals surface area (Å²) in [4.78, 5) is 29.5. The van der Waals surface area contributed by atoms with E-state index in [-0.39, 0.29) is 11.6 Å². The van der Waals surface area contributed by atoms with Gasteiger partial charge in [-0.2, -0.15) is 20.6 Å². The Bertz CT molecular complexity index is 2010. The number of carbonyl (C=O) groups is 2. The summed E-state index contributed by atoms with van der Waals surface area (Å²) in [5, 5.41) is 20.5. The number of ketones is 2. The van der Waals surface area contributed by atoms with Crippen LogP contribution in [0.1, 0.15) is 33.6 Å². The van der Waals surface area contributed by atoms with Gasteiger partial charge in [0, 0.05) is 58.4 Å². The van der Waals surface area contributed by atoms with E-state index in [1.54, 1.807) is 59.0 Å². The summed E-state index contributed by atoms with van der Waals surface area (Å²) in [6.45, 7) is 8.92. The minimum atomic E-state index is 0.0249. The second kappa shape index (κ2) is 17.9. The molecule has 0 N–H and O–H groups in total. The first-order valence-corrected chi connectivity index (χ1v) is 16.4. The van der Waals surface area contributed by atoms with Gasteiger partial charge in [0.1, 0.15) is 11.4 Å². The molecular weight excluding hydrogens is 796 g/mol. The number of fused-ring (bicyclic) bond motifs is 1. The van der Waals surface area contributed by atoms with Gasteiger partial charge in [0.05, 0.1) is 62.6 Å². The van der Waals surface area contributed by atoms with Crippen molar-refractivity contribution in [2.75, 3.05) is 5.33 Å². The Morgan fingerprint density at radius 3 is 2.13 bits per heavy atom. The summed E-state index contributed by atoms with van der Waals surface area (Å²) in [5.74, 6) is 0.0758. The fourth-order valence-electron chi connectivity index (χ4n) is 4.20. The van der Waals surface area contributed by atoms with E-state index in [0.29, 0.717) is 28.8 Å². The Morgan fingerprint density at radius 2 is 1.64 bits per heavy atom. The zero-order valence-electron chi connectivity index (χ0n) is 25.8.